The molecule has 41 heavy (non-hydrogen) atoms. The maximum atomic E-state index is 12.9. The SMILES string of the molecule is CN(C(=O)OCc1ccccc1)C1CCC(CCN2CCC(c3csc4ccccc34)CC2)(c2ccccc2)CC1. The van der Waals surface area contributed by atoms with Gasteiger partial charge in [0.1, 0.15) is 6.61 Å². The van der Waals surface area contributed by atoms with Gasteiger partial charge in [-0.1, -0.05) is 78.9 Å². The summed E-state index contributed by atoms with van der Waals surface area (Å²) in [5.41, 5.74) is 4.23. The van der Waals surface area contributed by atoms with Gasteiger partial charge in [-0.3, -0.25) is 0 Å². The molecule has 1 saturated carbocycles. The van der Waals surface area contributed by atoms with Gasteiger partial charge >= 0.3 is 6.09 Å². The number of hydrogen-bond acceptors (Lipinski definition) is 4. The largest absolute Gasteiger partial charge is 0.445 e. The third-order valence-electron chi connectivity index (χ3n) is 9.78. The van der Waals surface area contributed by atoms with Gasteiger partial charge in [0.15, 0.2) is 0 Å². The van der Waals surface area contributed by atoms with E-state index < -0.39 is 0 Å². The number of piperidine rings is 1. The molecule has 214 valence electrons. The first-order valence-corrected chi connectivity index (χ1v) is 16.2. The molecule has 0 bridgehead atoms. The van der Waals surface area contributed by atoms with Gasteiger partial charge < -0.3 is 14.5 Å². The van der Waals surface area contributed by atoms with Crippen LogP contribution in [0.25, 0.3) is 10.1 Å². The van der Waals surface area contributed by atoms with E-state index in [1.165, 1.54) is 48.0 Å². The fourth-order valence-electron chi connectivity index (χ4n) is 7.14. The summed E-state index contributed by atoms with van der Waals surface area (Å²) < 4.78 is 7.06. The number of carbonyl (C=O) groups is 1. The zero-order chi connectivity index (χ0) is 28.1. The topological polar surface area (TPSA) is 32.8 Å². The summed E-state index contributed by atoms with van der Waals surface area (Å²) >= 11 is 1.89. The monoisotopic (exact) mass is 566 g/mol. The van der Waals surface area contributed by atoms with Crippen molar-refractivity contribution in [3.63, 3.8) is 0 Å². The van der Waals surface area contributed by atoms with Crippen LogP contribution in [0, 0.1) is 0 Å². The van der Waals surface area contributed by atoms with Crippen LogP contribution in [0.5, 0.6) is 0 Å². The molecule has 0 N–H and O–H groups in total. The summed E-state index contributed by atoms with van der Waals surface area (Å²) in [5.74, 6) is 0.679. The number of fused-ring (bicyclic) bond motifs is 1. The second kappa shape index (κ2) is 12.8. The highest BCUT2D eigenvalue weighted by atomic mass is 32.1. The molecule has 2 aliphatic rings. The Hall–Kier alpha value is -3.15. The smallest absolute Gasteiger partial charge is 0.410 e. The van der Waals surface area contributed by atoms with Gasteiger partial charge in [-0.05, 0) is 109 Å². The third-order valence-corrected chi connectivity index (χ3v) is 10.8. The molecule has 0 radical (unpaired) electrons. The minimum Gasteiger partial charge on any atom is -0.445 e. The number of carbonyl (C=O) groups excluding carboxylic acids is 1. The Bertz CT molecular complexity index is 1400. The molecule has 5 heteroatoms. The Morgan fingerprint density at radius 2 is 1.56 bits per heavy atom. The number of ether oxygens (including phenoxy) is 1. The first-order valence-electron chi connectivity index (χ1n) is 15.3. The maximum Gasteiger partial charge on any atom is 0.410 e. The number of rotatable bonds is 8. The zero-order valence-corrected chi connectivity index (χ0v) is 25.0. The van der Waals surface area contributed by atoms with E-state index in [0.29, 0.717) is 12.5 Å². The summed E-state index contributed by atoms with van der Waals surface area (Å²) in [7, 11) is 1.91. The molecule has 6 rings (SSSR count). The van der Waals surface area contributed by atoms with Crippen molar-refractivity contribution in [1.29, 1.82) is 0 Å². The number of nitrogens with zero attached hydrogens (tertiary/aromatic N) is 2. The standard InChI is InChI=1S/C36H42N2O2S/c1-37(35(39)40-26-28-10-4-2-5-11-28)31-16-20-36(21-17-31,30-12-6-3-7-13-30)22-25-38-23-18-29(19-24-38)33-27-41-34-15-9-8-14-32(33)34/h2-15,27,29,31H,16-26H2,1H3. The van der Waals surface area contributed by atoms with Gasteiger partial charge in [0.25, 0.3) is 0 Å². The Balaban J connectivity index is 1.05. The summed E-state index contributed by atoms with van der Waals surface area (Å²) in [6, 6.07) is 30.2. The van der Waals surface area contributed by atoms with Crippen molar-refractivity contribution in [2.45, 2.75) is 68.9 Å². The molecule has 1 saturated heterocycles. The molecule has 0 atom stereocenters. The summed E-state index contributed by atoms with van der Waals surface area (Å²) in [6.07, 6.45) is 7.70. The molecule has 2 heterocycles. The normalized spacial score (nSPS) is 22.0. The predicted molar refractivity (Wildman–Crippen MR) is 170 cm³/mol. The van der Waals surface area contributed by atoms with Gasteiger partial charge in [0.05, 0.1) is 0 Å². The quantitative estimate of drug-likeness (QED) is 0.214. The van der Waals surface area contributed by atoms with Crippen LogP contribution in [-0.4, -0.2) is 48.6 Å². The van der Waals surface area contributed by atoms with E-state index in [0.717, 1.165) is 37.8 Å². The molecule has 2 fully saturated rings. The van der Waals surface area contributed by atoms with Gasteiger partial charge in [-0.15, -0.1) is 11.3 Å². The van der Waals surface area contributed by atoms with Gasteiger partial charge in [0, 0.05) is 17.8 Å². The highest BCUT2D eigenvalue weighted by molar-refractivity contribution is 7.17. The minimum absolute atomic E-state index is 0.174. The minimum atomic E-state index is -0.215. The van der Waals surface area contributed by atoms with E-state index >= 15 is 0 Å². The van der Waals surface area contributed by atoms with Gasteiger partial charge in [-0.25, -0.2) is 4.79 Å². The van der Waals surface area contributed by atoms with E-state index in [4.69, 9.17) is 4.74 Å². The van der Waals surface area contributed by atoms with E-state index in [1.54, 1.807) is 5.56 Å². The van der Waals surface area contributed by atoms with E-state index in [1.807, 2.05) is 53.6 Å². The Morgan fingerprint density at radius 1 is 0.902 bits per heavy atom. The van der Waals surface area contributed by atoms with Crippen LogP contribution < -0.4 is 0 Å². The van der Waals surface area contributed by atoms with Gasteiger partial charge in [-0.2, -0.15) is 0 Å². The Labute approximate surface area is 248 Å². The predicted octanol–water partition coefficient (Wildman–Crippen LogP) is 8.62. The summed E-state index contributed by atoms with van der Waals surface area (Å²) in [5, 5.41) is 3.87. The Morgan fingerprint density at radius 3 is 2.29 bits per heavy atom. The third kappa shape index (κ3) is 6.37. The second-order valence-electron chi connectivity index (χ2n) is 12.1. The first kappa shape index (κ1) is 28.0. The Kier molecular flexibility index (Phi) is 8.73. The van der Waals surface area contributed by atoms with Gasteiger partial charge in [0.2, 0.25) is 0 Å². The lowest BCUT2D eigenvalue weighted by atomic mass is 9.66. The van der Waals surface area contributed by atoms with E-state index in [-0.39, 0.29) is 17.6 Å². The highest BCUT2D eigenvalue weighted by Gasteiger charge is 2.39. The molecule has 1 amide bonds. The fourth-order valence-corrected chi connectivity index (χ4v) is 8.18. The van der Waals surface area contributed by atoms with Crippen LogP contribution in [0.2, 0.25) is 0 Å². The molecule has 3 aromatic carbocycles. The molecule has 1 aliphatic heterocycles. The molecule has 0 unspecified atom stereocenters. The van der Waals surface area contributed by atoms with Crippen molar-refractivity contribution in [3.05, 3.63) is 107 Å². The van der Waals surface area contributed by atoms with E-state index in [9.17, 15) is 4.79 Å². The molecular weight excluding hydrogens is 524 g/mol. The summed E-state index contributed by atoms with van der Waals surface area (Å²) in [4.78, 5) is 17.4. The highest BCUT2D eigenvalue weighted by Crippen LogP contribution is 2.44. The van der Waals surface area contributed by atoms with Crippen molar-refractivity contribution in [1.82, 2.24) is 9.80 Å². The van der Waals surface area contributed by atoms with Crippen molar-refractivity contribution >= 4 is 27.5 Å². The number of thiophene rings is 1. The molecular formula is C36H42N2O2S. The number of benzene rings is 3. The maximum absolute atomic E-state index is 12.9. The fraction of sp³-hybridized carbons (Fsp3) is 0.417. The van der Waals surface area contributed by atoms with Crippen molar-refractivity contribution in [2.75, 3.05) is 26.7 Å². The number of likely N-dealkylation sites (tertiary alicyclic amines) is 1. The zero-order valence-electron chi connectivity index (χ0n) is 24.2. The second-order valence-corrected chi connectivity index (χ2v) is 13.0. The van der Waals surface area contributed by atoms with Crippen LogP contribution in [-0.2, 0) is 16.8 Å². The average molecular weight is 567 g/mol. The lowest BCUT2D eigenvalue weighted by molar-refractivity contribution is 0.0731. The number of hydrogen-bond donors (Lipinski definition) is 0. The van der Waals surface area contributed by atoms with Crippen molar-refractivity contribution in [2.24, 2.45) is 0 Å². The van der Waals surface area contributed by atoms with Crippen molar-refractivity contribution < 1.29 is 9.53 Å². The molecule has 4 nitrogen and oxygen atoms in total. The summed E-state index contributed by atoms with van der Waals surface area (Å²) in [6.45, 7) is 3.83. The lowest BCUT2D eigenvalue weighted by Crippen LogP contribution is -2.45. The van der Waals surface area contributed by atoms with Crippen molar-refractivity contribution in [3.8, 4) is 0 Å². The molecule has 0 spiro atoms. The molecule has 1 aromatic heterocycles. The van der Waals surface area contributed by atoms with Crippen LogP contribution in [0.1, 0.15) is 67.6 Å². The van der Waals surface area contributed by atoms with Crippen LogP contribution >= 0.6 is 11.3 Å². The van der Waals surface area contributed by atoms with Crippen LogP contribution in [0.4, 0.5) is 4.79 Å². The lowest BCUT2D eigenvalue weighted by Gasteiger charge is -2.44. The van der Waals surface area contributed by atoms with E-state index in [2.05, 4.69) is 64.9 Å². The molecule has 4 aromatic rings. The molecule has 1 aliphatic carbocycles. The average Bonchev–Trinajstić information content (AvgIpc) is 3.48. The first-order chi connectivity index (χ1) is 20.1. The van der Waals surface area contributed by atoms with Crippen LogP contribution in [0.3, 0.4) is 0 Å². The number of amides is 1. The van der Waals surface area contributed by atoms with Crippen LogP contribution in [0.15, 0.2) is 90.3 Å².